The van der Waals surface area contributed by atoms with Crippen molar-refractivity contribution < 1.29 is 45.7 Å². The first-order chi connectivity index (χ1) is 9.45. The summed E-state index contributed by atoms with van der Waals surface area (Å²) in [7, 11) is 0.862. The van der Waals surface area contributed by atoms with Gasteiger partial charge in [-0.15, -0.1) is 13.2 Å². The van der Waals surface area contributed by atoms with Crippen molar-refractivity contribution in [2.75, 3.05) is 7.11 Å². The zero-order valence-electron chi connectivity index (χ0n) is 10.2. The number of ether oxygens (including phenoxy) is 2. The predicted octanol–water partition coefficient (Wildman–Crippen LogP) is 2.42. The number of alkyl halides is 6. The van der Waals surface area contributed by atoms with E-state index >= 15 is 0 Å². The minimum absolute atomic E-state index is 0.0269. The molecule has 0 aliphatic heterocycles. The maximum absolute atomic E-state index is 12.7. The molecule has 0 spiro atoms. The molecule has 0 unspecified atom stereocenters. The van der Waals surface area contributed by atoms with E-state index in [2.05, 4.69) is 14.5 Å². The first-order valence-corrected chi connectivity index (χ1v) is 5.06. The predicted molar refractivity (Wildman–Crippen MR) is 53.3 cm³/mol. The molecule has 0 aliphatic carbocycles. The molecule has 118 valence electrons. The number of carbonyl (C=O) groups is 1. The standard InChI is InChI=1S/C10H7F6NO4/c1-20-6(18)2-4-5(9(11,12)13)3-17-8(7(4)19)21-10(14,15)16/h3,19H,2H2,1H3. The van der Waals surface area contributed by atoms with Crippen molar-refractivity contribution in [3.8, 4) is 11.6 Å². The molecule has 0 bridgehead atoms. The fourth-order valence-corrected chi connectivity index (χ4v) is 1.34. The number of hydrogen-bond donors (Lipinski definition) is 1. The molecule has 0 aromatic carbocycles. The summed E-state index contributed by atoms with van der Waals surface area (Å²) in [6.45, 7) is 0. The molecule has 0 aliphatic rings. The van der Waals surface area contributed by atoms with Crippen LogP contribution >= 0.6 is 0 Å². The number of pyridine rings is 1. The second-order valence-electron chi connectivity index (χ2n) is 3.60. The molecular weight excluding hydrogens is 312 g/mol. The topological polar surface area (TPSA) is 68.7 Å². The Morgan fingerprint density at radius 3 is 2.29 bits per heavy atom. The smallest absolute Gasteiger partial charge is 0.503 e. The highest BCUT2D eigenvalue weighted by Gasteiger charge is 2.39. The highest BCUT2D eigenvalue weighted by molar-refractivity contribution is 5.74. The normalized spacial score (nSPS) is 12.1. The Kier molecular flexibility index (Phi) is 4.54. The van der Waals surface area contributed by atoms with Crippen molar-refractivity contribution >= 4 is 5.97 Å². The Morgan fingerprint density at radius 1 is 1.29 bits per heavy atom. The minimum atomic E-state index is -5.27. The van der Waals surface area contributed by atoms with Crippen LogP contribution in [0.3, 0.4) is 0 Å². The van der Waals surface area contributed by atoms with Gasteiger partial charge in [0.15, 0.2) is 5.75 Å². The van der Waals surface area contributed by atoms with Gasteiger partial charge in [-0.05, 0) is 0 Å². The average Bonchev–Trinajstić information content (AvgIpc) is 2.30. The second-order valence-corrected chi connectivity index (χ2v) is 3.60. The molecule has 0 amide bonds. The average molecular weight is 319 g/mol. The van der Waals surface area contributed by atoms with Crippen LogP contribution in [0.4, 0.5) is 26.3 Å². The highest BCUT2D eigenvalue weighted by Crippen LogP contribution is 2.40. The van der Waals surface area contributed by atoms with Gasteiger partial charge in [0, 0.05) is 11.8 Å². The third kappa shape index (κ3) is 4.39. The van der Waals surface area contributed by atoms with E-state index in [1.54, 1.807) is 0 Å². The van der Waals surface area contributed by atoms with E-state index in [1.165, 1.54) is 0 Å². The van der Waals surface area contributed by atoms with Gasteiger partial charge in [-0.3, -0.25) is 4.79 Å². The van der Waals surface area contributed by atoms with Gasteiger partial charge in [-0.1, -0.05) is 0 Å². The fourth-order valence-electron chi connectivity index (χ4n) is 1.34. The molecule has 1 rings (SSSR count). The van der Waals surface area contributed by atoms with E-state index in [-0.39, 0.29) is 6.20 Å². The molecule has 0 radical (unpaired) electrons. The number of aromatic hydroxyl groups is 1. The Hall–Kier alpha value is -2.20. The summed E-state index contributed by atoms with van der Waals surface area (Å²) in [5, 5.41) is 9.45. The summed E-state index contributed by atoms with van der Waals surface area (Å²) < 4.78 is 81.5. The maximum atomic E-state index is 12.7. The van der Waals surface area contributed by atoms with Crippen LogP contribution in [-0.4, -0.2) is 29.5 Å². The fraction of sp³-hybridized carbons (Fsp3) is 0.400. The Labute approximate surface area is 113 Å². The van der Waals surface area contributed by atoms with Crippen LogP contribution in [0.2, 0.25) is 0 Å². The van der Waals surface area contributed by atoms with Gasteiger partial charge in [0.1, 0.15) is 0 Å². The van der Waals surface area contributed by atoms with E-state index in [0.29, 0.717) is 0 Å². The Balaban J connectivity index is 3.37. The number of methoxy groups -OCH3 is 1. The summed E-state index contributed by atoms with van der Waals surface area (Å²) >= 11 is 0. The first-order valence-electron chi connectivity index (χ1n) is 5.06. The van der Waals surface area contributed by atoms with Gasteiger partial charge in [-0.25, -0.2) is 4.98 Å². The third-order valence-corrected chi connectivity index (χ3v) is 2.19. The lowest BCUT2D eigenvalue weighted by Crippen LogP contribution is -2.20. The number of aromatic nitrogens is 1. The molecule has 0 saturated heterocycles. The van der Waals surface area contributed by atoms with Crippen molar-refractivity contribution in [2.24, 2.45) is 0 Å². The van der Waals surface area contributed by atoms with E-state index in [1.807, 2.05) is 0 Å². The molecule has 1 heterocycles. The van der Waals surface area contributed by atoms with Gasteiger partial charge < -0.3 is 14.6 Å². The molecule has 11 heteroatoms. The minimum Gasteiger partial charge on any atom is -0.503 e. The second kappa shape index (κ2) is 5.66. The zero-order valence-corrected chi connectivity index (χ0v) is 10.2. The number of hydrogen-bond acceptors (Lipinski definition) is 5. The molecule has 0 fully saturated rings. The van der Waals surface area contributed by atoms with Crippen molar-refractivity contribution in [3.63, 3.8) is 0 Å². The van der Waals surface area contributed by atoms with Gasteiger partial charge in [0.2, 0.25) is 0 Å². The van der Waals surface area contributed by atoms with Crippen LogP contribution in [0.1, 0.15) is 11.1 Å². The summed E-state index contributed by atoms with van der Waals surface area (Å²) in [5.74, 6) is -4.22. The number of rotatable bonds is 3. The highest BCUT2D eigenvalue weighted by atomic mass is 19.4. The van der Waals surface area contributed by atoms with Crippen LogP contribution in [0.25, 0.3) is 0 Å². The maximum Gasteiger partial charge on any atom is 0.574 e. The monoisotopic (exact) mass is 319 g/mol. The Morgan fingerprint density at radius 2 is 1.86 bits per heavy atom. The molecule has 1 N–H and O–H groups in total. The number of nitrogens with zero attached hydrogens (tertiary/aromatic N) is 1. The van der Waals surface area contributed by atoms with E-state index in [4.69, 9.17) is 0 Å². The lowest BCUT2D eigenvalue weighted by Gasteiger charge is -2.16. The van der Waals surface area contributed by atoms with Crippen LogP contribution in [-0.2, 0) is 22.1 Å². The zero-order chi connectivity index (χ0) is 16.4. The molecule has 0 atom stereocenters. The summed E-state index contributed by atoms with van der Waals surface area (Å²) in [6, 6.07) is 0. The molecule has 1 aromatic rings. The number of halogens is 6. The quantitative estimate of drug-likeness (QED) is 0.684. The van der Waals surface area contributed by atoms with Gasteiger partial charge >= 0.3 is 18.5 Å². The third-order valence-electron chi connectivity index (χ3n) is 2.19. The molecule has 5 nitrogen and oxygen atoms in total. The van der Waals surface area contributed by atoms with Gasteiger partial charge in [-0.2, -0.15) is 13.2 Å². The summed E-state index contributed by atoms with van der Waals surface area (Å²) in [4.78, 5) is 13.8. The number of carbonyl (C=O) groups excluding carboxylic acids is 1. The van der Waals surface area contributed by atoms with Crippen molar-refractivity contribution in [1.29, 1.82) is 0 Å². The summed E-state index contributed by atoms with van der Waals surface area (Å²) in [5.41, 5.74) is -2.69. The lowest BCUT2D eigenvalue weighted by atomic mass is 10.1. The van der Waals surface area contributed by atoms with Crippen molar-refractivity contribution in [1.82, 2.24) is 4.98 Å². The Bertz CT molecular complexity index is 540. The largest absolute Gasteiger partial charge is 0.574 e. The first kappa shape index (κ1) is 16.9. The summed E-state index contributed by atoms with van der Waals surface area (Å²) in [6.07, 6.45) is -11.4. The SMILES string of the molecule is COC(=O)Cc1c(C(F)(F)F)cnc(OC(F)(F)F)c1O. The van der Waals surface area contributed by atoms with E-state index in [0.717, 1.165) is 7.11 Å². The molecular formula is C10H7F6NO4. The van der Waals surface area contributed by atoms with Gasteiger partial charge in [0.25, 0.3) is 5.88 Å². The van der Waals surface area contributed by atoms with Crippen molar-refractivity contribution in [3.05, 3.63) is 17.3 Å². The van der Waals surface area contributed by atoms with E-state index in [9.17, 15) is 36.2 Å². The van der Waals surface area contributed by atoms with Crippen LogP contribution in [0.5, 0.6) is 11.6 Å². The van der Waals surface area contributed by atoms with Crippen LogP contribution in [0.15, 0.2) is 6.20 Å². The van der Waals surface area contributed by atoms with E-state index < -0.39 is 47.7 Å². The molecule has 1 aromatic heterocycles. The van der Waals surface area contributed by atoms with Crippen LogP contribution < -0.4 is 4.74 Å². The van der Waals surface area contributed by atoms with Gasteiger partial charge in [0.05, 0.1) is 19.1 Å². The lowest BCUT2D eigenvalue weighted by molar-refractivity contribution is -0.276. The molecule has 21 heavy (non-hydrogen) atoms. The van der Waals surface area contributed by atoms with Crippen molar-refractivity contribution in [2.45, 2.75) is 19.0 Å². The van der Waals surface area contributed by atoms with Crippen LogP contribution in [0, 0.1) is 0 Å². The number of esters is 1. The molecule has 0 saturated carbocycles.